The lowest BCUT2D eigenvalue weighted by atomic mass is 10.1. The maximum Gasteiger partial charge on any atom is 0.251 e. The molecule has 0 bridgehead atoms. The van der Waals surface area contributed by atoms with Crippen molar-refractivity contribution in [3.63, 3.8) is 0 Å². The number of hydrogen-bond donors (Lipinski definition) is 1. The van der Waals surface area contributed by atoms with Crippen LogP contribution in [0.5, 0.6) is 5.75 Å². The SMILES string of the molecule is COc1cccc(F)c1-c1nccc(C(N)=O)c1F. The molecule has 19 heavy (non-hydrogen) atoms. The molecule has 4 nitrogen and oxygen atoms in total. The van der Waals surface area contributed by atoms with Gasteiger partial charge in [0.1, 0.15) is 17.3 Å². The average Bonchev–Trinajstić information content (AvgIpc) is 2.39. The fourth-order valence-corrected chi connectivity index (χ4v) is 1.71. The van der Waals surface area contributed by atoms with Gasteiger partial charge in [0, 0.05) is 6.20 Å². The van der Waals surface area contributed by atoms with Gasteiger partial charge in [-0.15, -0.1) is 0 Å². The summed E-state index contributed by atoms with van der Waals surface area (Å²) in [4.78, 5) is 14.8. The van der Waals surface area contributed by atoms with Gasteiger partial charge in [0.2, 0.25) is 0 Å². The van der Waals surface area contributed by atoms with Crippen molar-refractivity contribution in [1.82, 2.24) is 4.98 Å². The Kier molecular flexibility index (Phi) is 3.41. The van der Waals surface area contributed by atoms with Gasteiger partial charge in [-0.1, -0.05) is 6.07 Å². The number of carbonyl (C=O) groups is 1. The first-order valence-electron chi connectivity index (χ1n) is 5.33. The standard InChI is InChI=1S/C13H10F2N2O2/c1-19-9-4-2-3-8(14)10(9)12-11(15)7(13(16)18)5-6-17-12/h2-6H,1H3,(H2,16,18). The summed E-state index contributed by atoms with van der Waals surface area (Å²) in [6.45, 7) is 0. The Balaban J connectivity index is 2.73. The minimum Gasteiger partial charge on any atom is -0.496 e. The third-order valence-corrected chi connectivity index (χ3v) is 2.59. The molecule has 1 aromatic heterocycles. The summed E-state index contributed by atoms with van der Waals surface area (Å²) in [7, 11) is 1.33. The molecule has 1 amide bonds. The van der Waals surface area contributed by atoms with Crippen LogP contribution in [0.4, 0.5) is 8.78 Å². The Labute approximate surface area is 107 Å². The third kappa shape index (κ3) is 2.24. The van der Waals surface area contributed by atoms with E-state index in [1.807, 2.05) is 0 Å². The van der Waals surface area contributed by atoms with Crippen LogP contribution in [0.1, 0.15) is 10.4 Å². The lowest BCUT2D eigenvalue weighted by Crippen LogP contribution is -2.14. The largest absolute Gasteiger partial charge is 0.496 e. The van der Waals surface area contributed by atoms with Crippen molar-refractivity contribution < 1.29 is 18.3 Å². The van der Waals surface area contributed by atoms with Gasteiger partial charge >= 0.3 is 0 Å². The highest BCUT2D eigenvalue weighted by Gasteiger charge is 2.20. The van der Waals surface area contributed by atoms with Gasteiger partial charge in [-0.25, -0.2) is 8.78 Å². The van der Waals surface area contributed by atoms with E-state index in [1.165, 1.54) is 25.4 Å². The zero-order valence-electron chi connectivity index (χ0n) is 9.98. The van der Waals surface area contributed by atoms with Gasteiger partial charge in [-0.05, 0) is 18.2 Å². The summed E-state index contributed by atoms with van der Waals surface area (Å²) in [6.07, 6.45) is 1.18. The predicted molar refractivity (Wildman–Crippen MR) is 64.7 cm³/mol. The monoisotopic (exact) mass is 264 g/mol. The second kappa shape index (κ2) is 5.01. The van der Waals surface area contributed by atoms with Crippen molar-refractivity contribution in [1.29, 1.82) is 0 Å². The summed E-state index contributed by atoms with van der Waals surface area (Å²) in [5, 5.41) is 0. The van der Waals surface area contributed by atoms with Crippen LogP contribution >= 0.6 is 0 Å². The van der Waals surface area contributed by atoms with Crippen molar-refractivity contribution >= 4 is 5.91 Å². The highest BCUT2D eigenvalue weighted by Crippen LogP contribution is 2.33. The number of rotatable bonds is 3. The molecule has 2 rings (SSSR count). The van der Waals surface area contributed by atoms with E-state index < -0.39 is 17.5 Å². The molecule has 0 saturated heterocycles. The number of pyridine rings is 1. The van der Waals surface area contributed by atoms with E-state index >= 15 is 0 Å². The first-order valence-corrected chi connectivity index (χ1v) is 5.33. The molecule has 0 aliphatic heterocycles. The second-order valence-electron chi connectivity index (χ2n) is 3.70. The Morgan fingerprint density at radius 2 is 2.05 bits per heavy atom. The Morgan fingerprint density at radius 3 is 2.68 bits per heavy atom. The van der Waals surface area contributed by atoms with E-state index in [2.05, 4.69) is 4.98 Å². The molecule has 0 atom stereocenters. The molecule has 6 heteroatoms. The van der Waals surface area contributed by atoms with Crippen molar-refractivity contribution in [3.05, 3.63) is 47.7 Å². The molecule has 0 saturated carbocycles. The molecule has 0 spiro atoms. The molecular formula is C13H10F2N2O2. The normalized spacial score (nSPS) is 10.3. The lowest BCUT2D eigenvalue weighted by Gasteiger charge is -2.10. The van der Waals surface area contributed by atoms with E-state index in [-0.39, 0.29) is 22.6 Å². The molecule has 0 fully saturated rings. The van der Waals surface area contributed by atoms with Crippen LogP contribution in [0, 0.1) is 11.6 Å². The smallest absolute Gasteiger partial charge is 0.251 e. The van der Waals surface area contributed by atoms with E-state index in [9.17, 15) is 13.6 Å². The number of carbonyl (C=O) groups excluding carboxylic acids is 1. The van der Waals surface area contributed by atoms with Gasteiger partial charge in [0.15, 0.2) is 5.82 Å². The Bertz CT molecular complexity index is 645. The summed E-state index contributed by atoms with van der Waals surface area (Å²) < 4.78 is 32.9. The van der Waals surface area contributed by atoms with Gasteiger partial charge in [-0.3, -0.25) is 9.78 Å². The van der Waals surface area contributed by atoms with Crippen LogP contribution in [0.3, 0.4) is 0 Å². The van der Waals surface area contributed by atoms with Crippen LogP contribution in [0.2, 0.25) is 0 Å². The number of halogens is 2. The predicted octanol–water partition coefficient (Wildman–Crippen LogP) is 2.13. The lowest BCUT2D eigenvalue weighted by molar-refractivity contribution is 0.0996. The number of hydrogen-bond acceptors (Lipinski definition) is 3. The topological polar surface area (TPSA) is 65.2 Å². The molecule has 98 valence electrons. The van der Waals surface area contributed by atoms with Gasteiger partial charge in [-0.2, -0.15) is 0 Å². The molecule has 1 aromatic carbocycles. The summed E-state index contributed by atoms with van der Waals surface area (Å²) in [5.74, 6) is -2.50. The van der Waals surface area contributed by atoms with Crippen LogP contribution < -0.4 is 10.5 Å². The molecule has 2 aromatic rings. The fraction of sp³-hybridized carbons (Fsp3) is 0.0769. The van der Waals surface area contributed by atoms with E-state index in [0.29, 0.717) is 0 Å². The van der Waals surface area contributed by atoms with E-state index in [0.717, 1.165) is 12.1 Å². The molecule has 0 aliphatic carbocycles. The first kappa shape index (κ1) is 12.9. The number of ether oxygens (including phenoxy) is 1. The minimum atomic E-state index is -0.974. The maximum absolute atomic E-state index is 14.1. The third-order valence-electron chi connectivity index (χ3n) is 2.59. The highest BCUT2D eigenvalue weighted by atomic mass is 19.1. The number of aromatic nitrogens is 1. The number of nitrogens with zero attached hydrogens (tertiary/aromatic N) is 1. The summed E-state index contributed by atoms with van der Waals surface area (Å²) >= 11 is 0. The van der Waals surface area contributed by atoms with Crippen LogP contribution in [0.25, 0.3) is 11.3 Å². The number of amides is 1. The first-order chi connectivity index (χ1) is 9.06. The number of benzene rings is 1. The maximum atomic E-state index is 14.1. The molecular weight excluding hydrogens is 254 g/mol. The average molecular weight is 264 g/mol. The van der Waals surface area contributed by atoms with Crippen LogP contribution in [-0.2, 0) is 0 Å². The van der Waals surface area contributed by atoms with Crippen LogP contribution in [0.15, 0.2) is 30.5 Å². The van der Waals surface area contributed by atoms with Crippen molar-refractivity contribution in [3.8, 4) is 17.0 Å². The Hall–Kier alpha value is -2.50. The zero-order valence-corrected chi connectivity index (χ0v) is 9.98. The van der Waals surface area contributed by atoms with E-state index in [1.54, 1.807) is 0 Å². The van der Waals surface area contributed by atoms with E-state index in [4.69, 9.17) is 10.5 Å². The van der Waals surface area contributed by atoms with Gasteiger partial charge in [0.05, 0.1) is 18.2 Å². The quantitative estimate of drug-likeness (QED) is 0.923. The molecule has 1 heterocycles. The van der Waals surface area contributed by atoms with Crippen molar-refractivity contribution in [2.45, 2.75) is 0 Å². The van der Waals surface area contributed by atoms with Crippen molar-refractivity contribution in [2.24, 2.45) is 5.73 Å². The second-order valence-corrected chi connectivity index (χ2v) is 3.70. The van der Waals surface area contributed by atoms with Crippen LogP contribution in [-0.4, -0.2) is 18.0 Å². The number of primary amides is 1. The van der Waals surface area contributed by atoms with Crippen molar-refractivity contribution in [2.75, 3.05) is 7.11 Å². The molecule has 0 radical (unpaired) electrons. The zero-order chi connectivity index (χ0) is 14.0. The number of nitrogens with two attached hydrogens (primary N) is 1. The fourth-order valence-electron chi connectivity index (χ4n) is 1.71. The summed E-state index contributed by atoms with van der Waals surface area (Å²) in [5.41, 5.74) is 4.23. The number of methoxy groups -OCH3 is 1. The summed E-state index contributed by atoms with van der Waals surface area (Å²) in [6, 6.07) is 5.17. The Morgan fingerprint density at radius 1 is 1.32 bits per heavy atom. The molecule has 0 unspecified atom stereocenters. The van der Waals surface area contributed by atoms with Gasteiger partial charge in [0.25, 0.3) is 5.91 Å². The highest BCUT2D eigenvalue weighted by molar-refractivity contribution is 5.94. The molecule has 0 aliphatic rings. The molecule has 2 N–H and O–H groups in total. The minimum absolute atomic E-state index is 0.119. The van der Waals surface area contributed by atoms with Gasteiger partial charge < -0.3 is 10.5 Å².